The molecule has 112 valence electrons. The first kappa shape index (κ1) is 6.01. The molecule has 0 saturated carbocycles. The van der Waals surface area contributed by atoms with Crippen LogP contribution in [0, 0.1) is 0 Å². The van der Waals surface area contributed by atoms with Crippen molar-refractivity contribution in [1.82, 2.24) is 15.2 Å². The Morgan fingerprint density at radius 3 is 3.38 bits per heavy atom. The van der Waals surface area contributed by atoms with Gasteiger partial charge in [0.05, 0.1) is 8.76 Å². The van der Waals surface area contributed by atoms with Gasteiger partial charge in [-0.25, -0.2) is 4.79 Å². The van der Waals surface area contributed by atoms with Gasteiger partial charge in [-0.05, 0) is 50.0 Å². The minimum atomic E-state index is -2.64. The molecule has 1 atom stereocenters. The Morgan fingerprint density at radius 2 is 2.62 bits per heavy atom. The number of ether oxygens (including phenoxy) is 1. The summed E-state index contributed by atoms with van der Waals surface area (Å²) in [4.78, 5) is 13.0. The number of H-pyrrole nitrogens is 1. The molecule has 1 aromatic heterocycles. The lowest BCUT2D eigenvalue weighted by atomic mass is 10.0. The smallest absolute Gasteiger partial charge is 0.407 e. The summed E-state index contributed by atoms with van der Waals surface area (Å²) in [6.07, 6.45) is -6.76. The number of carbonyl (C=O) groups excluding carboxylic acids is 1. The predicted molar refractivity (Wildman–Crippen MR) is 82.5 cm³/mol. The average molecular weight is 298 g/mol. The molecule has 1 aliphatic rings. The number of hydrogen-bond acceptors (Lipinski definition) is 3. The van der Waals surface area contributed by atoms with Gasteiger partial charge in [0.25, 0.3) is 0 Å². The highest BCUT2D eigenvalue weighted by atomic mass is 16.6. The molecule has 2 aromatic rings. The number of hydrogen-bond donors (Lipinski definition) is 2. The molecule has 21 heavy (non-hydrogen) atoms. The Bertz CT molecular complexity index is 1070. The first-order valence-corrected chi connectivity index (χ1v) is 6.27. The number of aromatic nitrogens is 1. The molecule has 1 aromatic carbocycles. The maximum atomic E-state index is 11.6. The van der Waals surface area contributed by atoms with Crippen LogP contribution in [0.3, 0.4) is 0 Å². The largest absolute Gasteiger partial charge is 0.447 e. The van der Waals surface area contributed by atoms with E-state index in [4.69, 9.17) is 15.2 Å². The van der Waals surface area contributed by atoms with Crippen LogP contribution in [0.2, 0.25) is 2.82 Å². The van der Waals surface area contributed by atoms with Crippen molar-refractivity contribution in [2.24, 2.45) is 0 Å². The molecule has 3 rings (SSSR count). The predicted octanol–water partition coefficient (Wildman–Crippen LogP) is 1.92. The fraction of sp³-hybridized carbons (Fsp3) is 0.438. The number of amides is 1. The van der Waals surface area contributed by atoms with Gasteiger partial charge < -0.3 is 19.9 Å². The zero-order valence-corrected chi connectivity index (χ0v) is 11.3. The zero-order valence-electron chi connectivity index (χ0n) is 22.3. The SMILES string of the molecule is [2H]c1c(C([2H])([2H])CN(C)C([2H])([2H])[2H])c2cc(C([2H])([2H])[C@@]3([2H])COC(=O)N3[2H])ccc2n1[2H]. The number of benzene rings is 1. The lowest BCUT2D eigenvalue weighted by Gasteiger charge is -2.09. The Kier molecular flexibility index (Phi) is 1.65. The van der Waals surface area contributed by atoms with Crippen LogP contribution in [0.5, 0.6) is 0 Å². The van der Waals surface area contributed by atoms with Crippen molar-refractivity contribution in [3.63, 3.8) is 0 Å². The van der Waals surface area contributed by atoms with Crippen molar-refractivity contribution in [2.45, 2.75) is 18.8 Å². The normalized spacial score (nSPS) is 31.8. The molecule has 1 saturated heterocycles. The number of fused-ring (bicyclic) bond motifs is 1. The van der Waals surface area contributed by atoms with Gasteiger partial charge in [0.1, 0.15) is 6.61 Å². The van der Waals surface area contributed by atoms with E-state index in [-0.39, 0.29) is 27.3 Å². The molecule has 1 aliphatic heterocycles. The number of aromatic amines is 1. The van der Waals surface area contributed by atoms with Crippen LogP contribution in [0.1, 0.15) is 23.5 Å². The molecule has 0 spiro atoms. The van der Waals surface area contributed by atoms with Gasteiger partial charge in [0.2, 0.25) is 0 Å². The molecular formula is C16H21N3O2. The van der Waals surface area contributed by atoms with Crippen LogP contribution in [-0.4, -0.2) is 49.2 Å². The van der Waals surface area contributed by atoms with E-state index in [1.54, 1.807) is 0 Å². The Hall–Kier alpha value is -2.01. The van der Waals surface area contributed by atoms with E-state index in [0.29, 0.717) is 4.98 Å². The van der Waals surface area contributed by atoms with Gasteiger partial charge >= 0.3 is 6.09 Å². The monoisotopic (exact) mass is 298 g/mol. The van der Waals surface area contributed by atoms with Crippen molar-refractivity contribution in [3.8, 4) is 0 Å². The lowest BCUT2D eigenvalue weighted by molar-refractivity contribution is 0.177. The van der Waals surface area contributed by atoms with Crippen molar-refractivity contribution in [1.29, 1.82) is 0 Å². The molecule has 2 heterocycles. The molecule has 1 amide bonds. The van der Waals surface area contributed by atoms with E-state index in [2.05, 4.69) is 4.74 Å². The number of cyclic esters (lactones) is 1. The summed E-state index contributed by atoms with van der Waals surface area (Å²) in [7, 11) is 1.20. The van der Waals surface area contributed by atoms with Crippen LogP contribution in [0.4, 0.5) is 4.79 Å². The van der Waals surface area contributed by atoms with Crippen LogP contribution in [0.25, 0.3) is 10.9 Å². The van der Waals surface area contributed by atoms with E-state index >= 15 is 0 Å². The van der Waals surface area contributed by atoms with E-state index in [1.807, 2.05) is 0 Å². The number of alkyl carbamates (subject to hydrolysis) is 1. The van der Waals surface area contributed by atoms with Gasteiger partial charge in [-0.2, -0.15) is 0 Å². The summed E-state index contributed by atoms with van der Waals surface area (Å²) >= 11 is 0. The fourth-order valence-electron chi connectivity index (χ4n) is 1.96. The molecule has 5 heteroatoms. The maximum Gasteiger partial charge on any atom is 0.407 e. The lowest BCUT2D eigenvalue weighted by Crippen LogP contribution is -2.28. The number of nitrogens with zero attached hydrogens (tertiary/aromatic N) is 1. The van der Waals surface area contributed by atoms with Crippen LogP contribution in [0.15, 0.2) is 24.4 Å². The van der Waals surface area contributed by atoms with Crippen LogP contribution < -0.4 is 5.31 Å². The zero-order chi connectivity index (χ0) is 24.4. The topological polar surface area (TPSA) is 57.4 Å². The highest BCUT2D eigenvalue weighted by molar-refractivity contribution is 5.84. The Balaban J connectivity index is 2.16. The molecule has 0 unspecified atom stereocenters. The van der Waals surface area contributed by atoms with Crippen molar-refractivity contribution >= 4 is 17.0 Å². The van der Waals surface area contributed by atoms with Crippen molar-refractivity contribution < 1.29 is 24.7 Å². The summed E-state index contributed by atoms with van der Waals surface area (Å²) in [5.41, 5.74) is -0.426. The molecule has 1 fully saturated rings. The van der Waals surface area contributed by atoms with Gasteiger partial charge in [0, 0.05) is 33.2 Å². The maximum absolute atomic E-state index is 11.6. The third kappa shape index (κ3) is 3.19. The minimum Gasteiger partial charge on any atom is -0.447 e. The third-order valence-corrected chi connectivity index (χ3v) is 2.89. The first-order valence-electron chi connectivity index (χ1n) is 11.7. The van der Waals surface area contributed by atoms with Gasteiger partial charge in [-0.3, -0.25) is 0 Å². The summed E-state index contributed by atoms with van der Waals surface area (Å²) in [5, 5.41) is 0.0783. The van der Waals surface area contributed by atoms with Crippen LogP contribution >= 0.6 is 0 Å². The second-order valence-electron chi connectivity index (χ2n) is 4.60. The van der Waals surface area contributed by atoms with E-state index < -0.39 is 51.2 Å². The highest BCUT2D eigenvalue weighted by Crippen LogP contribution is 2.21. The molecular weight excluding hydrogens is 266 g/mol. The van der Waals surface area contributed by atoms with Gasteiger partial charge in [0.15, 0.2) is 2.82 Å². The number of likely N-dealkylation sites (N-methyl/N-ethyl adjacent to an activating group) is 1. The van der Waals surface area contributed by atoms with E-state index in [9.17, 15) is 4.79 Å². The highest BCUT2D eigenvalue weighted by Gasteiger charge is 2.22. The minimum absolute atomic E-state index is 0.0133. The fourth-order valence-corrected chi connectivity index (χ4v) is 1.96. The van der Waals surface area contributed by atoms with Crippen LogP contribution in [-0.2, 0) is 17.5 Å². The molecule has 2 N–H and O–H groups in total. The van der Waals surface area contributed by atoms with E-state index in [0.717, 1.165) is 11.0 Å². The van der Waals surface area contributed by atoms with Gasteiger partial charge in [-0.1, -0.05) is 6.07 Å². The van der Waals surface area contributed by atoms with Gasteiger partial charge in [-0.15, -0.1) is 0 Å². The second kappa shape index (κ2) is 5.77. The van der Waals surface area contributed by atoms with E-state index in [1.165, 1.54) is 19.2 Å². The number of rotatable bonds is 5. The Labute approximate surface area is 139 Å². The summed E-state index contributed by atoms with van der Waals surface area (Å²) in [6.45, 7) is -3.93. The molecule has 0 aliphatic carbocycles. The Morgan fingerprint density at radius 1 is 1.71 bits per heavy atom. The third-order valence-electron chi connectivity index (χ3n) is 2.89. The first-order chi connectivity index (χ1) is 14.4. The quantitative estimate of drug-likeness (QED) is 0.887. The number of nitrogens with one attached hydrogen (secondary N) is 2. The van der Waals surface area contributed by atoms with Crippen molar-refractivity contribution in [2.75, 3.05) is 27.2 Å². The molecule has 0 bridgehead atoms. The summed E-state index contributed by atoms with van der Waals surface area (Å²) < 4.78 is 93.1. The molecule has 5 nitrogen and oxygen atoms in total. The second-order valence-corrected chi connectivity index (χ2v) is 4.60. The summed E-state index contributed by atoms with van der Waals surface area (Å²) in [5.74, 6) is 0. The number of carbonyl (C=O) groups is 1. The molecule has 0 radical (unpaired) electrons. The standard InChI is InChI=1S/C16H21N3O2/c1-19(2)6-5-12-9-17-15-4-3-11(8-14(12)15)7-13-10-21-16(20)18-13/h3-4,8-9,13,17H,5-7,10H2,1-2H3,(H,18,20)/t13-/m0/s1/i1D3,5D2,7D2,9D,13D/hD2. The van der Waals surface area contributed by atoms with Crippen molar-refractivity contribution in [3.05, 3.63) is 35.5 Å². The average Bonchev–Trinajstić information content (AvgIpc) is 3.09. The summed E-state index contributed by atoms with van der Waals surface area (Å²) in [6, 6.07) is 1.24.